The number of para-hydroxylation sites is 1. The van der Waals surface area contributed by atoms with Crippen molar-refractivity contribution in [3.8, 4) is 0 Å². The molecule has 33 heavy (non-hydrogen) atoms. The molecule has 4 nitrogen and oxygen atoms in total. The van der Waals surface area contributed by atoms with Crippen LogP contribution in [-0.2, 0) is 13.0 Å². The molecule has 3 aromatic carbocycles. The second-order valence-electron chi connectivity index (χ2n) is 8.53. The molecule has 7 rings (SSSR count). The van der Waals surface area contributed by atoms with Crippen molar-refractivity contribution in [2.45, 2.75) is 13.0 Å². The Morgan fingerprint density at radius 1 is 0.697 bits per heavy atom. The lowest BCUT2D eigenvalue weighted by Crippen LogP contribution is -2.01. The second kappa shape index (κ2) is 7.10. The number of fused-ring (bicyclic) bond motifs is 7. The van der Waals surface area contributed by atoms with Crippen LogP contribution in [0.2, 0.25) is 0 Å². The van der Waals surface area contributed by atoms with E-state index in [1.165, 1.54) is 27.6 Å². The lowest BCUT2D eigenvalue weighted by Gasteiger charge is -2.08. The van der Waals surface area contributed by atoms with E-state index in [0.717, 1.165) is 46.2 Å². The Morgan fingerprint density at radius 2 is 1.39 bits per heavy atom. The molecule has 0 unspecified atom stereocenters. The van der Waals surface area contributed by atoms with Crippen molar-refractivity contribution in [2.75, 3.05) is 0 Å². The molecule has 1 aliphatic heterocycles. The summed E-state index contributed by atoms with van der Waals surface area (Å²) in [7, 11) is 0. The summed E-state index contributed by atoms with van der Waals surface area (Å²) in [6.45, 7) is 0.835. The summed E-state index contributed by atoms with van der Waals surface area (Å²) in [6.07, 6.45) is 6.74. The fourth-order valence-corrected chi connectivity index (χ4v) is 5.10. The summed E-state index contributed by atoms with van der Waals surface area (Å²) >= 11 is 0. The summed E-state index contributed by atoms with van der Waals surface area (Å²) in [5.74, 6) is 0. The number of benzene rings is 3. The largest absolute Gasteiger partial charge is 0.342 e. The van der Waals surface area contributed by atoms with E-state index in [1.807, 2.05) is 24.5 Å². The highest BCUT2D eigenvalue weighted by molar-refractivity contribution is 6.21. The van der Waals surface area contributed by atoms with Crippen LogP contribution in [0.1, 0.15) is 16.7 Å². The number of aliphatic imine (C=N–C) groups is 1. The van der Waals surface area contributed by atoms with Crippen molar-refractivity contribution < 1.29 is 0 Å². The molecule has 0 atom stereocenters. The summed E-state index contributed by atoms with van der Waals surface area (Å²) < 4.78 is 2.34. The van der Waals surface area contributed by atoms with E-state index in [1.54, 1.807) is 0 Å². The Bertz CT molecular complexity index is 1710. The Morgan fingerprint density at radius 3 is 2.24 bits per heavy atom. The quantitative estimate of drug-likeness (QED) is 0.306. The molecule has 4 heterocycles. The zero-order valence-electron chi connectivity index (χ0n) is 17.9. The zero-order chi connectivity index (χ0) is 21.8. The van der Waals surface area contributed by atoms with E-state index < -0.39 is 0 Å². The highest BCUT2D eigenvalue weighted by Crippen LogP contribution is 2.41. The van der Waals surface area contributed by atoms with Gasteiger partial charge in [-0.3, -0.25) is 15.0 Å². The maximum absolute atomic E-state index is 5.21. The standard InChI is InChI=1S/C29H20N4/c1-2-8-19(9-3-1)17-33-18-24(20-10-4-5-13-26(20)33)25-16-23-21-11-6-14-30-28(21)29-22(27(23)32-25)12-7-15-31-29/h1-15,18H,16-17H2. The molecular weight excluding hydrogens is 404 g/mol. The van der Waals surface area contributed by atoms with Crippen molar-refractivity contribution in [2.24, 2.45) is 4.99 Å². The molecule has 1 aliphatic rings. The molecule has 0 bridgehead atoms. The number of aromatic nitrogens is 3. The smallest absolute Gasteiger partial charge is 0.0986 e. The van der Waals surface area contributed by atoms with Crippen LogP contribution in [0, 0.1) is 0 Å². The van der Waals surface area contributed by atoms with E-state index in [9.17, 15) is 0 Å². The molecular formula is C29H20N4. The highest BCUT2D eigenvalue weighted by atomic mass is 15.0. The van der Waals surface area contributed by atoms with E-state index in [2.05, 4.69) is 87.5 Å². The minimum atomic E-state index is 0.793. The van der Waals surface area contributed by atoms with Crippen LogP contribution in [0.3, 0.4) is 0 Å². The number of hydrogen-bond donors (Lipinski definition) is 0. The number of pyridine rings is 2. The fourth-order valence-electron chi connectivity index (χ4n) is 5.10. The van der Waals surface area contributed by atoms with E-state index in [-0.39, 0.29) is 0 Å². The van der Waals surface area contributed by atoms with Gasteiger partial charge in [0, 0.05) is 58.8 Å². The zero-order valence-corrected chi connectivity index (χ0v) is 17.9. The minimum Gasteiger partial charge on any atom is -0.342 e. The molecule has 0 saturated heterocycles. The summed E-state index contributed by atoms with van der Waals surface area (Å²) in [6, 6.07) is 27.5. The molecule has 0 fully saturated rings. The average Bonchev–Trinajstić information content (AvgIpc) is 3.48. The van der Waals surface area contributed by atoms with Crippen molar-refractivity contribution in [3.05, 3.63) is 114 Å². The van der Waals surface area contributed by atoms with Gasteiger partial charge < -0.3 is 4.57 Å². The first-order chi connectivity index (χ1) is 16.4. The number of hydrogen-bond acceptors (Lipinski definition) is 3. The lowest BCUT2D eigenvalue weighted by atomic mass is 9.98. The Kier molecular flexibility index (Phi) is 3.94. The predicted octanol–water partition coefficient (Wildman–Crippen LogP) is 6.46. The second-order valence-corrected chi connectivity index (χ2v) is 8.53. The van der Waals surface area contributed by atoms with Crippen molar-refractivity contribution in [1.82, 2.24) is 14.5 Å². The van der Waals surface area contributed by atoms with E-state index in [4.69, 9.17) is 4.99 Å². The Balaban J connectivity index is 1.42. The van der Waals surface area contributed by atoms with Gasteiger partial charge in [0.25, 0.3) is 0 Å². The Hall–Kier alpha value is -4.31. The SMILES string of the molecule is c1ccc(Cn2cc(C3=Nc4c(c5cccnc5c5ncccc45)C3)c3ccccc32)cc1. The number of nitrogens with zero attached hydrogens (tertiary/aromatic N) is 4. The van der Waals surface area contributed by atoms with Crippen LogP contribution in [0.5, 0.6) is 0 Å². The fraction of sp³-hybridized carbons (Fsp3) is 0.0690. The van der Waals surface area contributed by atoms with Crippen LogP contribution in [0.15, 0.2) is 102 Å². The first kappa shape index (κ1) is 18.3. The molecule has 3 aromatic heterocycles. The van der Waals surface area contributed by atoms with Crippen LogP contribution >= 0.6 is 0 Å². The van der Waals surface area contributed by atoms with Gasteiger partial charge in [0.1, 0.15) is 0 Å². The van der Waals surface area contributed by atoms with Crippen molar-refractivity contribution in [3.63, 3.8) is 0 Å². The third-order valence-electron chi connectivity index (χ3n) is 6.59. The van der Waals surface area contributed by atoms with Crippen LogP contribution in [-0.4, -0.2) is 20.2 Å². The summed E-state index contributed by atoms with van der Waals surface area (Å²) in [5, 5.41) is 3.46. The van der Waals surface area contributed by atoms with Gasteiger partial charge in [-0.2, -0.15) is 0 Å². The normalized spacial score (nSPS) is 13.0. The predicted molar refractivity (Wildman–Crippen MR) is 134 cm³/mol. The van der Waals surface area contributed by atoms with E-state index in [0.29, 0.717) is 0 Å². The van der Waals surface area contributed by atoms with Gasteiger partial charge >= 0.3 is 0 Å². The summed E-state index contributed by atoms with van der Waals surface area (Å²) in [4.78, 5) is 14.5. The van der Waals surface area contributed by atoms with Gasteiger partial charge in [0.05, 0.1) is 22.4 Å². The Labute approximate surface area is 190 Å². The molecule has 0 N–H and O–H groups in total. The first-order valence-corrected chi connectivity index (χ1v) is 11.2. The summed E-state index contributed by atoms with van der Waals surface area (Å²) in [5.41, 5.74) is 8.98. The lowest BCUT2D eigenvalue weighted by molar-refractivity contribution is 0.836. The molecule has 4 heteroatoms. The molecule has 0 saturated carbocycles. The highest BCUT2D eigenvalue weighted by Gasteiger charge is 2.25. The third-order valence-corrected chi connectivity index (χ3v) is 6.59. The topological polar surface area (TPSA) is 43.1 Å². The van der Waals surface area contributed by atoms with Gasteiger partial charge in [0.15, 0.2) is 0 Å². The monoisotopic (exact) mass is 424 g/mol. The number of rotatable bonds is 3. The van der Waals surface area contributed by atoms with E-state index >= 15 is 0 Å². The van der Waals surface area contributed by atoms with Crippen molar-refractivity contribution >= 4 is 44.1 Å². The third kappa shape index (κ3) is 2.81. The van der Waals surface area contributed by atoms with Crippen LogP contribution in [0.25, 0.3) is 32.7 Å². The molecule has 0 amide bonds. The minimum absolute atomic E-state index is 0.793. The molecule has 156 valence electrons. The maximum Gasteiger partial charge on any atom is 0.0986 e. The van der Waals surface area contributed by atoms with Crippen LogP contribution < -0.4 is 0 Å². The van der Waals surface area contributed by atoms with Crippen molar-refractivity contribution in [1.29, 1.82) is 0 Å². The molecule has 0 radical (unpaired) electrons. The average molecular weight is 425 g/mol. The van der Waals surface area contributed by atoms with Gasteiger partial charge in [-0.15, -0.1) is 0 Å². The van der Waals surface area contributed by atoms with Gasteiger partial charge in [-0.05, 0) is 35.4 Å². The molecule has 0 spiro atoms. The molecule has 6 aromatic rings. The first-order valence-electron chi connectivity index (χ1n) is 11.2. The maximum atomic E-state index is 5.21. The van der Waals surface area contributed by atoms with Gasteiger partial charge in [-0.1, -0.05) is 54.6 Å². The molecule has 0 aliphatic carbocycles. The van der Waals surface area contributed by atoms with Gasteiger partial charge in [-0.25, -0.2) is 0 Å². The van der Waals surface area contributed by atoms with Gasteiger partial charge in [0.2, 0.25) is 0 Å². The van der Waals surface area contributed by atoms with Crippen LogP contribution in [0.4, 0.5) is 5.69 Å².